The third kappa shape index (κ3) is 4.14. The quantitative estimate of drug-likeness (QED) is 0.839. The molecule has 6 nitrogen and oxygen atoms in total. The molecule has 0 fully saturated rings. The number of H-pyrrole nitrogens is 1. The van der Waals surface area contributed by atoms with Gasteiger partial charge >= 0.3 is 0 Å². The van der Waals surface area contributed by atoms with Gasteiger partial charge in [0.05, 0.1) is 17.3 Å². The van der Waals surface area contributed by atoms with Gasteiger partial charge < -0.3 is 10.1 Å². The number of hydrogen-bond acceptors (Lipinski definition) is 4. The lowest BCUT2D eigenvalue weighted by Crippen LogP contribution is -2.38. The maximum Gasteiger partial charge on any atom is 0.277 e. The Hall–Kier alpha value is -2.34. The van der Waals surface area contributed by atoms with E-state index in [9.17, 15) is 9.59 Å². The van der Waals surface area contributed by atoms with Crippen molar-refractivity contribution in [3.05, 3.63) is 56.5 Å². The first-order valence-electron chi connectivity index (χ1n) is 7.69. The molecule has 1 aromatic heterocycles. The Morgan fingerprint density at radius 1 is 1.38 bits per heavy atom. The van der Waals surface area contributed by atoms with E-state index in [1.54, 1.807) is 26.0 Å². The molecule has 0 aliphatic carbocycles. The normalized spacial score (nSPS) is 11.8. The third-order valence-corrected chi connectivity index (χ3v) is 4.09. The van der Waals surface area contributed by atoms with Gasteiger partial charge in [0.15, 0.2) is 0 Å². The smallest absolute Gasteiger partial charge is 0.277 e. The Kier molecular flexibility index (Phi) is 5.98. The van der Waals surface area contributed by atoms with Crippen molar-refractivity contribution in [2.45, 2.75) is 33.3 Å². The topological polar surface area (TPSA) is 84.1 Å². The minimum Gasteiger partial charge on any atom is -0.487 e. The van der Waals surface area contributed by atoms with Gasteiger partial charge in [0.2, 0.25) is 0 Å². The van der Waals surface area contributed by atoms with Crippen LogP contribution in [0, 0.1) is 13.8 Å². The zero-order chi connectivity index (χ0) is 17.7. The van der Waals surface area contributed by atoms with Gasteiger partial charge in [-0.25, -0.2) is 5.10 Å². The molecular weight excluding hydrogens is 330 g/mol. The summed E-state index contributed by atoms with van der Waals surface area (Å²) in [4.78, 5) is 24.2. The van der Waals surface area contributed by atoms with Crippen molar-refractivity contribution in [1.29, 1.82) is 0 Å². The molecule has 0 saturated heterocycles. The summed E-state index contributed by atoms with van der Waals surface area (Å²) in [6.07, 6.45) is 0.423. The Morgan fingerprint density at radius 2 is 2.08 bits per heavy atom. The molecule has 1 amide bonds. The van der Waals surface area contributed by atoms with Crippen LogP contribution in [0.2, 0.25) is 5.02 Å². The molecule has 2 rings (SSSR count). The Balaban J connectivity index is 2.06. The second-order valence-corrected chi connectivity index (χ2v) is 5.83. The predicted molar refractivity (Wildman–Crippen MR) is 92.8 cm³/mol. The Morgan fingerprint density at radius 3 is 2.75 bits per heavy atom. The summed E-state index contributed by atoms with van der Waals surface area (Å²) >= 11 is 6.08. The molecule has 0 aliphatic heterocycles. The molecule has 0 aliphatic rings. The van der Waals surface area contributed by atoms with Crippen molar-refractivity contribution in [2.75, 3.05) is 6.54 Å². The maximum atomic E-state index is 12.3. The SMILES string of the molecule is CC[C@@H](CNC(=O)c1c(C)c(C)n[nH]c1=O)Oc1ccccc1Cl. The molecule has 0 spiro atoms. The molecule has 128 valence electrons. The zero-order valence-electron chi connectivity index (χ0n) is 13.9. The number of nitrogens with one attached hydrogen (secondary N) is 2. The lowest BCUT2D eigenvalue weighted by molar-refractivity contribution is 0.0923. The van der Waals surface area contributed by atoms with Crippen molar-refractivity contribution in [3.63, 3.8) is 0 Å². The molecule has 0 bridgehead atoms. The number of ether oxygens (including phenoxy) is 1. The van der Waals surface area contributed by atoms with E-state index in [4.69, 9.17) is 16.3 Å². The second-order valence-electron chi connectivity index (χ2n) is 5.43. The van der Waals surface area contributed by atoms with E-state index in [2.05, 4.69) is 15.5 Å². The number of aryl methyl sites for hydroxylation is 1. The van der Waals surface area contributed by atoms with Gasteiger partial charge in [0.25, 0.3) is 11.5 Å². The number of benzene rings is 1. The molecule has 1 heterocycles. The van der Waals surface area contributed by atoms with Gasteiger partial charge in [-0.2, -0.15) is 5.10 Å². The average Bonchev–Trinajstić information content (AvgIpc) is 2.57. The van der Waals surface area contributed by atoms with Crippen LogP contribution in [0.1, 0.15) is 35.0 Å². The van der Waals surface area contributed by atoms with Crippen LogP contribution in [-0.4, -0.2) is 28.8 Å². The summed E-state index contributed by atoms with van der Waals surface area (Å²) < 4.78 is 5.82. The van der Waals surface area contributed by atoms with Crippen LogP contribution in [0.3, 0.4) is 0 Å². The highest BCUT2D eigenvalue weighted by molar-refractivity contribution is 6.32. The summed E-state index contributed by atoms with van der Waals surface area (Å²) in [5, 5.41) is 9.42. The first-order chi connectivity index (χ1) is 11.4. The van der Waals surface area contributed by atoms with Crippen LogP contribution in [-0.2, 0) is 0 Å². The van der Waals surface area contributed by atoms with E-state index in [0.29, 0.717) is 28.5 Å². The monoisotopic (exact) mass is 349 g/mol. The van der Waals surface area contributed by atoms with Gasteiger partial charge in [0.1, 0.15) is 17.4 Å². The fourth-order valence-electron chi connectivity index (χ4n) is 2.18. The van der Waals surface area contributed by atoms with Crippen molar-refractivity contribution >= 4 is 17.5 Å². The summed E-state index contributed by atoms with van der Waals surface area (Å²) in [5.41, 5.74) is 0.751. The Bertz CT molecular complexity index is 789. The predicted octanol–water partition coefficient (Wildman–Crippen LogP) is 2.63. The van der Waals surface area contributed by atoms with Crippen LogP contribution in [0.15, 0.2) is 29.1 Å². The number of carbonyl (C=O) groups excluding carboxylic acids is 1. The van der Waals surface area contributed by atoms with Crippen LogP contribution in [0.5, 0.6) is 5.75 Å². The van der Waals surface area contributed by atoms with E-state index >= 15 is 0 Å². The summed E-state index contributed by atoms with van der Waals surface area (Å²) in [6, 6.07) is 7.16. The van der Waals surface area contributed by atoms with E-state index in [-0.39, 0.29) is 18.2 Å². The molecule has 0 unspecified atom stereocenters. The van der Waals surface area contributed by atoms with E-state index in [0.717, 1.165) is 0 Å². The number of nitrogens with zero attached hydrogens (tertiary/aromatic N) is 1. The van der Waals surface area contributed by atoms with E-state index in [1.165, 1.54) is 0 Å². The van der Waals surface area contributed by atoms with Gasteiger partial charge in [-0.15, -0.1) is 0 Å². The largest absolute Gasteiger partial charge is 0.487 e. The summed E-state index contributed by atoms with van der Waals surface area (Å²) in [7, 11) is 0. The highest BCUT2D eigenvalue weighted by Crippen LogP contribution is 2.24. The number of rotatable bonds is 6. The van der Waals surface area contributed by atoms with Crippen molar-refractivity contribution < 1.29 is 9.53 Å². The average molecular weight is 350 g/mol. The first-order valence-corrected chi connectivity index (χ1v) is 8.07. The van der Waals surface area contributed by atoms with E-state index < -0.39 is 11.5 Å². The van der Waals surface area contributed by atoms with Gasteiger partial charge in [-0.3, -0.25) is 9.59 Å². The fraction of sp³-hybridized carbons (Fsp3) is 0.353. The highest BCUT2D eigenvalue weighted by Gasteiger charge is 2.18. The summed E-state index contributed by atoms with van der Waals surface area (Å²) in [5.74, 6) is 0.120. The number of para-hydroxylation sites is 1. The number of halogens is 1. The lowest BCUT2D eigenvalue weighted by atomic mass is 10.1. The van der Waals surface area contributed by atoms with Gasteiger partial charge in [-0.1, -0.05) is 30.7 Å². The first kappa shape index (κ1) is 18.0. The molecule has 2 aromatic rings. The molecule has 24 heavy (non-hydrogen) atoms. The maximum absolute atomic E-state index is 12.3. The molecule has 1 aromatic carbocycles. The Labute approximate surface area is 145 Å². The number of carbonyl (C=O) groups is 1. The highest BCUT2D eigenvalue weighted by atomic mass is 35.5. The van der Waals surface area contributed by atoms with Crippen molar-refractivity contribution in [1.82, 2.24) is 15.5 Å². The number of amides is 1. The third-order valence-electron chi connectivity index (χ3n) is 3.77. The van der Waals surface area contributed by atoms with E-state index in [1.807, 2.05) is 19.1 Å². The molecule has 7 heteroatoms. The van der Waals surface area contributed by atoms with Crippen molar-refractivity contribution in [3.8, 4) is 5.75 Å². The molecule has 2 N–H and O–H groups in total. The number of aromatic nitrogens is 2. The van der Waals surface area contributed by atoms with Gasteiger partial charge in [-0.05, 0) is 38.0 Å². The van der Waals surface area contributed by atoms with Gasteiger partial charge in [0, 0.05) is 0 Å². The molecule has 1 atom stereocenters. The van der Waals surface area contributed by atoms with Crippen molar-refractivity contribution in [2.24, 2.45) is 0 Å². The standard InChI is InChI=1S/C17H20ClN3O3/c1-4-12(24-14-8-6-5-7-13(14)18)9-19-16(22)15-10(2)11(3)20-21-17(15)23/h5-8,12H,4,9H2,1-3H3,(H,19,22)(H,21,23)/t12-/m0/s1. The van der Waals surface area contributed by atoms with Crippen LogP contribution < -0.4 is 15.6 Å². The van der Waals surface area contributed by atoms with Crippen LogP contribution >= 0.6 is 11.6 Å². The van der Waals surface area contributed by atoms with Crippen LogP contribution in [0.25, 0.3) is 0 Å². The molecule has 0 saturated carbocycles. The van der Waals surface area contributed by atoms with Crippen LogP contribution in [0.4, 0.5) is 0 Å². The lowest BCUT2D eigenvalue weighted by Gasteiger charge is -2.19. The minimum atomic E-state index is -0.504. The second kappa shape index (κ2) is 7.97. The fourth-order valence-corrected chi connectivity index (χ4v) is 2.36. The summed E-state index contributed by atoms with van der Waals surface area (Å²) in [6.45, 7) is 5.64. The zero-order valence-corrected chi connectivity index (χ0v) is 14.6. The number of hydrogen-bond donors (Lipinski definition) is 2. The number of aromatic amines is 1. The molecule has 0 radical (unpaired) electrons. The minimum absolute atomic E-state index is 0.0788. The molecular formula is C17H20ClN3O3.